The molecular formula is C16H33ClN2O2. The van der Waals surface area contributed by atoms with Gasteiger partial charge < -0.3 is 15.8 Å². The van der Waals surface area contributed by atoms with Crippen LogP contribution in [-0.4, -0.2) is 31.2 Å². The van der Waals surface area contributed by atoms with Crippen molar-refractivity contribution < 1.29 is 9.53 Å². The summed E-state index contributed by atoms with van der Waals surface area (Å²) in [6, 6.07) is 0.110. The molecule has 126 valence electrons. The summed E-state index contributed by atoms with van der Waals surface area (Å²) >= 11 is 0. The zero-order valence-electron chi connectivity index (χ0n) is 13.8. The fourth-order valence-corrected chi connectivity index (χ4v) is 2.76. The van der Waals surface area contributed by atoms with Gasteiger partial charge in [0.25, 0.3) is 0 Å². The zero-order valence-corrected chi connectivity index (χ0v) is 14.6. The number of carbonyl (C=O) groups excluding carboxylic acids is 1. The van der Waals surface area contributed by atoms with E-state index in [1.807, 2.05) is 6.92 Å². The Bertz CT molecular complexity index is 281. The van der Waals surface area contributed by atoms with E-state index in [9.17, 15) is 4.79 Å². The van der Waals surface area contributed by atoms with Gasteiger partial charge in [-0.05, 0) is 38.0 Å². The maximum absolute atomic E-state index is 12.1. The lowest BCUT2D eigenvalue weighted by Gasteiger charge is -2.30. The number of nitrogens with two attached hydrogens (primary N) is 1. The van der Waals surface area contributed by atoms with E-state index in [1.165, 1.54) is 32.1 Å². The summed E-state index contributed by atoms with van der Waals surface area (Å²) in [5.74, 6) is 1.12. The van der Waals surface area contributed by atoms with Gasteiger partial charge in [0.1, 0.15) is 6.10 Å². The normalized spacial score (nSPS) is 18.9. The molecule has 0 aromatic heterocycles. The molecule has 0 saturated heterocycles. The maximum Gasteiger partial charge on any atom is 0.249 e. The third-order valence-corrected chi connectivity index (χ3v) is 4.23. The number of amides is 1. The van der Waals surface area contributed by atoms with E-state index in [-0.39, 0.29) is 30.5 Å². The number of rotatable bonds is 8. The van der Waals surface area contributed by atoms with E-state index in [2.05, 4.69) is 19.2 Å². The highest BCUT2D eigenvalue weighted by molar-refractivity contribution is 5.85. The number of hydrogen-bond donors (Lipinski definition) is 2. The second-order valence-corrected chi connectivity index (χ2v) is 6.44. The van der Waals surface area contributed by atoms with Crippen LogP contribution in [0, 0.1) is 11.8 Å². The largest absolute Gasteiger partial charge is 0.369 e. The highest BCUT2D eigenvalue weighted by Crippen LogP contribution is 2.26. The van der Waals surface area contributed by atoms with E-state index in [1.54, 1.807) is 0 Å². The van der Waals surface area contributed by atoms with Crippen molar-refractivity contribution in [3.8, 4) is 0 Å². The van der Waals surface area contributed by atoms with Crippen molar-refractivity contribution in [3.05, 3.63) is 0 Å². The van der Waals surface area contributed by atoms with E-state index >= 15 is 0 Å². The Morgan fingerprint density at radius 2 is 1.86 bits per heavy atom. The SMILES string of the molecule is CC(C)CCOC(C)C(=O)NC(CN)C1CCCCC1.Cl. The average molecular weight is 321 g/mol. The fourth-order valence-electron chi connectivity index (χ4n) is 2.76. The Hall–Kier alpha value is -0.320. The molecule has 4 nitrogen and oxygen atoms in total. The van der Waals surface area contributed by atoms with E-state index < -0.39 is 0 Å². The molecule has 21 heavy (non-hydrogen) atoms. The minimum absolute atomic E-state index is 0. The first-order chi connectivity index (χ1) is 9.54. The lowest BCUT2D eigenvalue weighted by molar-refractivity contribution is -0.133. The van der Waals surface area contributed by atoms with Crippen LogP contribution >= 0.6 is 12.4 Å². The summed E-state index contributed by atoms with van der Waals surface area (Å²) in [6.07, 6.45) is 6.81. The summed E-state index contributed by atoms with van der Waals surface area (Å²) in [6.45, 7) is 7.30. The highest BCUT2D eigenvalue weighted by Gasteiger charge is 2.25. The molecule has 1 fully saturated rings. The Labute approximate surface area is 136 Å². The Morgan fingerprint density at radius 1 is 1.24 bits per heavy atom. The van der Waals surface area contributed by atoms with Crippen molar-refractivity contribution in [1.82, 2.24) is 5.32 Å². The summed E-state index contributed by atoms with van der Waals surface area (Å²) in [5.41, 5.74) is 5.84. The van der Waals surface area contributed by atoms with Crippen LogP contribution in [0.5, 0.6) is 0 Å². The predicted octanol–water partition coefficient (Wildman–Crippen LogP) is 2.88. The van der Waals surface area contributed by atoms with Crippen molar-refractivity contribution in [3.63, 3.8) is 0 Å². The monoisotopic (exact) mass is 320 g/mol. The van der Waals surface area contributed by atoms with E-state index in [4.69, 9.17) is 10.5 Å². The quantitative estimate of drug-likeness (QED) is 0.722. The Kier molecular flexibility index (Phi) is 11.1. The summed E-state index contributed by atoms with van der Waals surface area (Å²) < 4.78 is 5.59. The zero-order chi connectivity index (χ0) is 15.0. The van der Waals surface area contributed by atoms with Crippen LogP contribution in [0.25, 0.3) is 0 Å². The van der Waals surface area contributed by atoms with Crippen molar-refractivity contribution in [1.29, 1.82) is 0 Å². The minimum Gasteiger partial charge on any atom is -0.369 e. The molecule has 0 aliphatic heterocycles. The summed E-state index contributed by atoms with van der Waals surface area (Å²) in [4.78, 5) is 12.1. The average Bonchev–Trinajstić information content (AvgIpc) is 2.44. The number of nitrogens with one attached hydrogen (secondary N) is 1. The third-order valence-electron chi connectivity index (χ3n) is 4.23. The van der Waals surface area contributed by atoms with Crippen LogP contribution in [0.3, 0.4) is 0 Å². The van der Waals surface area contributed by atoms with Crippen molar-refractivity contribution >= 4 is 18.3 Å². The number of halogens is 1. The van der Waals surface area contributed by atoms with Crippen molar-refractivity contribution in [2.24, 2.45) is 17.6 Å². The van der Waals surface area contributed by atoms with Crippen molar-refractivity contribution in [2.45, 2.75) is 71.4 Å². The van der Waals surface area contributed by atoms with Crippen LogP contribution < -0.4 is 11.1 Å². The maximum atomic E-state index is 12.1. The van der Waals surface area contributed by atoms with Gasteiger partial charge in [0.15, 0.2) is 0 Å². The lowest BCUT2D eigenvalue weighted by atomic mass is 9.84. The number of hydrogen-bond acceptors (Lipinski definition) is 3. The summed E-state index contributed by atoms with van der Waals surface area (Å²) in [7, 11) is 0. The van der Waals surface area contributed by atoms with Crippen LogP contribution in [0.4, 0.5) is 0 Å². The molecule has 1 amide bonds. The second kappa shape index (κ2) is 11.3. The van der Waals surface area contributed by atoms with Gasteiger partial charge in [0.05, 0.1) is 0 Å². The van der Waals surface area contributed by atoms with Gasteiger partial charge in [-0.15, -0.1) is 12.4 Å². The molecule has 0 heterocycles. The van der Waals surface area contributed by atoms with Gasteiger partial charge in [-0.2, -0.15) is 0 Å². The molecule has 2 unspecified atom stereocenters. The molecule has 1 rings (SSSR count). The fraction of sp³-hybridized carbons (Fsp3) is 0.938. The number of ether oxygens (including phenoxy) is 1. The topological polar surface area (TPSA) is 64.3 Å². The first kappa shape index (κ1) is 20.7. The third kappa shape index (κ3) is 8.03. The van der Waals surface area contributed by atoms with Crippen molar-refractivity contribution in [2.75, 3.05) is 13.2 Å². The molecule has 0 radical (unpaired) electrons. The van der Waals surface area contributed by atoms with Gasteiger partial charge in [0, 0.05) is 19.2 Å². The van der Waals surface area contributed by atoms with Gasteiger partial charge in [-0.25, -0.2) is 0 Å². The van der Waals surface area contributed by atoms with Crippen LogP contribution in [-0.2, 0) is 9.53 Å². The molecular weight excluding hydrogens is 288 g/mol. The van der Waals surface area contributed by atoms with Crippen LogP contribution in [0.2, 0.25) is 0 Å². The first-order valence-electron chi connectivity index (χ1n) is 8.16. The van der Waals surface area contributed by atoms with E-state index in [0.717, 1.165) is 6.42 Å². The molecule has 2 atom stereocenters. The highest BCUT2D eigenvalue weighted by atomic mass is 35.5. The predicted molar refractivity (Wildman–Crippen MR) is 89.7 cm³/mol. The molecule has 0 aromatic rings. The molecule has 0 aromatic carbocycles. The second-order valence-electron chi connectivity index (χ2n) is 6.44. The van der Waals surface area contributed by atoms with Crippen LogP contribution in [0.15, 0.2) is 0 Å². The Balaban J connectivity index is 0.00000400. The molecule has 5 heteroatoms. The lowest BCUT2D eigenvalue weighted by Crippen LogP contribution is -2.49. The smallest absolute Gasteiger partial charge is 0.249 e. The molecule has 1 aliphatic carbocycles. The standard InChI is InChI=1S/C16H32N2O2.ClH/c1-12(2)9-10-20-13(3)16(19)18-15(11-17)14-7-5-4-6-8-14;/h12-15H,4-11,17H2,1-3H3,(H,18,19);1H. The van der Waals surface area contributed by atoms with E-state index in [0.29, 0.717) is 25.0 Å². The molecule has 1 saturated carbocycles. The molecule has 1 aliphatic rings. The van der Waals surface area contributed by atoms with Gasteiger partial charge in [0.2, 0.25) is 5.91 Å². The van der Waals surface area contributed by atoms with Gasteiger partial charge >= 0.3 is 0 Å². The summed E-state index contributed by atoms with van der Waals surface area (Å²) in [5, 5.41) is 3.09. The molecule has 0 spiro atoms. The first-order valence-corrected chi connectivity index (χ1v) is 8.16. The number of carbonyl (C=O) groups is 1. The molecule has 0 bridgehead atoms. The van der Waals surface area contributed by atoms with Gasteiger partial charge in [-0.3, -0.25) is 4.79 Å². The van der Waals surface area contributed by atoms with Gasteiger partial charge in [-0.1, -0.05) is 33.1 Å². The molecule has 3 N–H and O–H groups in total. The van der Waals surface area contributed by atoms with Crippen LogP contribution in [0.1, 0.15) is 59.3 Å². The Morgan fingerprint density at radius 3 is 2.38 bits per heavy atom. The minimum atomic E-state index is -0.383.